The Kier molecular flexibility index (Phi) is 1.74. The molecule has 74 valence electrons. The zero-order chi connectivity index (χ0) is 8.89. The van der Waals surface area contributed by atoms with Crippen LogP contribution in [0.5, 0.6) is 0 Å². The molecule has 4 rings (SSSR count). The van der Waals surface area contributed by atoms with Gasteiger partial charge in [0.15, 0.2) is 0 Å². The van der Waals surface area contributed by atoms with E-state index in [0.29, 0.717) is 5.54 Å². The summed E-state index contributed by atoms with van der Waals surface area (Å²) in [4.78, 5) is 0. The van der Waals surface area contributed by atoms with Crippen molar-refractivity contribution in [1.29, 1.82) is 0 Å². The molecular formula is C12H21N. The highest BCUT2D eigenvalue weighted by Crippen LogP contribution is 2.52. The van der Waals surface area contributed by atoms with Gasteiger partial charge in [-0.05, 0) is 69.7 Å². The second-order valence-corrected chi connectivity index (χ2v) is 5.78. The van der Waals surface area contributed by atoms with Crippen LogP contribution in [0, 0.1) is 17.8 Å². The van der Waals surface area contributed by atoms with Crippen LogP contribution in [0.3, 0.4) is 0 Å². The molecule has 13 heavy (non-hydrogen) atoms. The second-order valence-electron chi connectivity index (χ2n) is 5.78. The van der Waals surface area contributed by atoms with Crippen LogP contribution in [0.15, 0.2) is 0 Å². The van der Waals surface area contributed by atoms with Crippen molar-refractivity contribution in [3.05, 3.63) is 0 Å². The summed E-state index contributed by atoms with van der Waals surface area (Å²) < 4.78 is 0. The molecule has 1 N–H and O–H groups in total. The topological polar surface area (TPSA) is 12.0 Å². The van der Waals surface area contributed by atoms with Gasteiger partial charge < -0.3 is 5.32 Å². The smallest absolute Gasteiger partial charge is 0.0183 e. The Morgan fingerprint density at radius 3 is 2.23 bits per heavy atom. The van der Waals surface area contributed by atoms with E-state index in [1.165, 1.54) is 25.7 Å². The molecule has 4 saturated carbocycles. The highest BCUT2D eigenvalue weighted by molar-refractivity contribution is 5.02. The van der Waals surface area contributed by atoms with Gasteiger partial charge in [-0.25, -0.2) is 0 Å². The van der Waals surface area contributed by atoms with Gasteiger partial charge in [0.2, 0.25) is 0 Å². The van der Waals surface area contributed by atoms with Crippen molar-refractivity contribution >= 4 is 0 Å². The molecule has 0 saturated heterocycles. The fraction of sp³-hybridized carbons (Fsp3) is 1.00. The molecule has 0 radical (unpaired) electrons. The SMILES string of the molecule is CNC12CCC3CC(CC(C3)C1)C2. The number of rotatable bonds is 1. The molecule has 1 heteroatoms. The third-order valence-corrected chi connectivity index (χ3v) is 4.92. The Labute approximate surface area is 81.3 Å². The van der Waals surface area contributed by atoms with Gasteiger partial charge in [-0.1, -0.05) is 0 Å². The maximum absolute atomic E-state index is 3.65. The summed E-state index contributed by atoms with van der Waals surface area (Å²) in [5.41, 5.74) is 0.568. The molecule has 1 nitrogen and oxygen atoms in total. The van der Waals surface area contributed by atoms with Crippen molar-refractivity contribution < 1.29 is 0 Å². The first-order valence-electron chi connectivity index (χ1n) is 5.98. The van der Waals surface area contributed by atoms with Crippen molar-refractivity contribution in [3.8, 4) is 0 Å². The van der Waals surface area contributed by atoms with Crippen molar-refractivity contribution in [1.82, 2.24) is 5.32 Å². The van der Waals surface area contributed by atoms with E-state index in [2.05, 4.69) is 12.4 Å². The molecule has 4 fully saturated rings. The number of nitrogens with one attached hydrogen (secondary N) is 1. The van der Waals surface area contributed by atoms with Crippen LogP contribution in [-0.4, -0.2) is 12.6 Å². The molecule has 0 spiro atoms. The van der Waals surface area contributed by atoms with Crippen LogP contribution in [0.25, 0.3) is 0 Å². The highest BCUT2D eigenvalue weighted by atomic mass is 14.9. The molecule has 0 aromatic heterocycles. The first-order chi connectivity index (χ1) is 6.30. The van der Waals surface area contributed by atoms with Gasteiger partial charge in [0, 0.05) is 5.54 Å². The Morgan fingerprint density at radius 1 is 1.00 bits per heavy atom. The third kappa shape index (κ3) is 1.24. The number of fused-ring (bicyclic) bond motifs is 1. The summed E-state index contributed by atoms with van der Waals surface area (Å²) in [6.07, 6.45) is 10.6. The van der Waals surface area contributed by atoms with Crippen LogP contribution in [0.1, 0.15) is 44.9 Å². The number of hydrogen-bond donors (Lipinski definition) is 1. The van der Waals surface area contributed by atoms with Crippen molar-refractivity contribution in [3.63, 3.8) is 0 Å². The Balaban J connectivity index is 1.92. The summed E-state index contributed by atoms with van der Waals surface area (Å²) in [5.74, 6) is 3.25. The Hall–Kier alpha value is -0.0400. The second kappa shape index (κ2) is 2.73. The average molecular weight is 179 g/mol. The van der Waals surface area contributed by atoms with Gasteiger partial charge in [-0.2, -0.15) is 0 Å². The molecule has 4 aliphatic carbocycles. The van der Waals surface area contributed by atoms with E-state index in [4.69, 9.17) is 0 Å². The zero-order valence-electron chi connectivity index (χ0n) is 8.68. The Bertz CT molecular complexity index is 197. The first kappa shape index (κ1) is 8.28. The molecule has 2 atom stereocenters. The monoisotopic (exact) mass is 179 g/mol. The van der Waals surface area contributed by atoms with Crippen molar-refractivity contribution in [2.45, 2.75) is 50.5 Å². The predicted octanol–water partition coefficient (Wildman–Crippen LogP) is 2.56. The lowest BCUT2D eigenvalue weighted by Crippen LogP contribution is -2.48. The van der Waals surface area contributed by atoms with Gasteiger partial charge in [0.05, 0.1) is 0 Å². The molecule has 0 aromatic rings. The minimum absolute atomic E-state index is 0.568. The lowest BCUT2D eigenvalue weighted by Gasteiger charge is -2.45. The summed E-state index contributed by atoms with van der Waals surface area (Å²) in [6.45, 7) is 0. The minimum Gasteiger partial charge on any atom is -0.314 e. The van der Waals surface area contributed by atoms with Crippen LogP contribution in [0.2, 0.25) is 0 Å². The molecule has 4 bridgehead atoms. The Morgan fingerprint density at radius 2 is 1.62 bits per heavy atom. The van der Waals surface area contributed by atoms with E-state index >= 15 is 0 Å². The maximum atomic E-state index is 3.65. The molecule has 0 aliphatic heterocycles. The van der Waals surface area contributed by atoms with Crippen LogP contribution in [0.4, 0.5) is 0 Å². The summed E-state index contributed by atoms with van der Waals surface area (Å²) in [7, 11) is 2.19. The highest BCUT2D eigenvalue weighted by Gasteiger charge is 2.46. The van der Waals surface area contributed by atoms with Gasteiger partial charge in [0.1, 0.15) is 0 Å². The van der Waals surface area contributed by atoms with E-state index in [1.807, 2.05) is 0 Å². The first-order valence-corrected chi connectivity index (χ1v) is 5.98. The molecule has 0 heterocycles. The van der Waals surface area contributed by atoms with Gasteiger partial charge in [0.25, 0.3) is 0 Å². The minimum atomic E-state index is 0.568. The predicted molar refractivity (Wildman–Crippen MR) is 54.6 cm³/mol. The van der Waals surface area contributed by atoms with E-state index in [9.17, 15) is 0 Å². The standard InChI is InChI=1S/C12H21N/c1-13-12-3-2-9-4-10(7-12)6-11(5-9)8-12/h9-11,13H,2-8H2,1H3. The quantitative estimate of drug-likeness (QED) is 0.652. The molecule has 2 unspecified atom stereocenters. The summed E-state index contributed by atoms with van der Waals surface area (Å²) in [6, 6.07) is 0. The van der Waals surface area contributed by atoms with Crippen LogP contribution in [-0.2, 0) is 0 Å². The van der Waals surface area contributed by atoms with Crippen molar-refractivity contribution in [2.75, 3.05) is 7.05 Å². The molecule has 4 aliphatic rings. The van der Waals surface area contributed by atoms with E-state index in [-0.39, 0.29) is 0 Å². The van der Waals surface area contributed by atoms with Gasteiger partial charge in [-0.15, -0.1) is 0 Å². The van der Waals surface area contributed by atoms with Gasteiger partial charge in [-0.3, -0.25) is 0 Å². The van der Waals surface area contributed by atoms with Crippen LogP contribution >= 0.6 is 0 Å². The summed E-state index contributed by atoms with van der Waals surface area (Å²) in [5, 5.41) is 3.65. The van der Waals surface area contributed by atoms with Crippen molar-refractivity contribution in [2.24, 2.45) is 17.8 Å². The fourth-order valence-corrected chi connectivity index (χ4v) is 4.47. The lowest BCUT2D eigenvalue weighted by molar-refractivity contribution is 0.1000. The van der Waals surface area contributed by atoms with Crippen LogP contribution < -0.4 is 5.32 Å². The number of hydrogen-bond acceptors (Lipinski definition) is 1. The molecular weight excluding hydrogens is 158 g/mol. The molecule has 0 amide bonds. The molecule has 0 aromatic carbocycles. The third-order valence-electron chi connectivity index (χ3n) is 4.92. The fourth-order valence-electron chi connectivity index (χ4n) is 4.47. The lowest BCUT2D eigenvalue weighted by atomic mass is 9.65. The van der Waals surface area contributed by atoms with E-state index < -0.39 is 0 Å². The zero-order valence-corrected chi connectivity index (χ0v) is 8.68. The average Bonchev–Trinajstić information content (AvgIpc) is 2.32. The largest absolute Gasteiger partial charge is 0.314 e. The normalized spacial score (nSPS) is 53.8. The van der Waals surface area contributed by atoms with E-state index in [1.54, 1.807) is 19.3 Å². The van der Waals surface area contributed by atoms with Gasteiger partial charge >= 0.3 is 0 Å². The maximum Gasteiger partial charge on any atom is 0.0183 e. The van der Waals surface area contributed by atoms with E-state index in [0.717, 1.165) is 17.8 Å². The summed E-state index contributed by atoms with van der Waals surface area (Å²) >= 11 is 0.